The molecule has 2 heterocycles. The molecule has 0 spiro atoms. The highest BCUT2D eigenvalue weighted by Gasteiger charge is 2.33. The summed E-state index contributed by atoms with van der Waals surface area (Å²) in [5, 5.41) is 0. The lowest BCUT2D eigenvalue weighted by molar-refractivity contribution is 0.0190. The standard InChI is InChI=1S/C19H30N2O3S/c1-15-4-5-19(14-16(15)2)25(22,23)21-12-6-17(7-13-21)20-10-8-18(24-3)9-11-20/h4-5,14,17-18H,6-13H2,1-3H3. The maximum absolute atomic E-state index is 12.9. The van der Waals surface area contributed by atoms with Gasteiger partial charge in [-0.15, -0.1) is 0 Å². The second-order valence-electron chi connectivity index (χ2n) is 7.35. The lowest BCUT2D eigenvalue weighted by atomic mass is 10.00. The highest BCUT2D eigenvalue weighted by Crippen LogP contribution is 2.26. The van der Waals surface area contributed by atoms with Gasteiger partial charge in [0, 0.05) is 39.3 Å². The maximum Gasteiger partial charge on any atom is 0.243 e. The van der Waals surface area contributed by atoms with Crippen molar-refractivity contribution in [1.29, 1.82) is 0 Å². The van der Waals surface area contributed by atoms with Crippen LogP contribution in [0.3, 0.4) is 0 Å². The summed E-state index contributed by atoms with van der Waals surface area (Å²) in [5.41, 5.74) is 2.15. The number of likely N-dealkylation sites (tertiary alicyclic amines) is 1. The third-order valence-electron chi connectivity index (χ3n) is 5.87. The van der Waals surface area contributed by atoms with Crippen LogP contribution in [-0.4, -0.2) is 63.1 Å². The van der Waals surface area contributed by atoms with Crippen molar-refractivity contribution in [2.75, 3.05) is 33.3 Å². The Hall–Kier alpha value is -0.950. The molecule has 6 heteroatoms. The Bertz CT molecular complexity index is 689. The quantitative estimate of drug-likeness (QED) is 0.822. The topological polar surface area (TPSA) is 49.9 Å². The lowest BCUT2D eigenvalue weighted by Gasteiger charge is -2.41. The van der Waals surface area contributed by atoms with Crippen LogP contribution in [0.4, 0.5) is 0 Å². The van der Waals surface area contributed by atoms with Gasteiger partial charge in [-0.05, 0) is 62.8 Å². The monoisotopic (exact) mass is 366 g/mol. The third-order valence-corrected chi connectivity index (χ3v) is 7.76. The second-order valence-corrected chi connectivity index (χ2v) is 9.29. The van der Waals surface area contributed by atoms with Gasteiger partial charge < -0.3 is 9.64 Å². The fourth-order valence-electron chi connectivity index (χ4n) is 3.95. The lowest BCUT2D eigenvalue weighted by Crippen LogP contribution is -2.49. The zero-order chi connectivity index (χ0) is 18.0. The molecule has 0 N–H and O–H groups in total. The third kappa shape index (κ3) is 4.08. The molecule has 0 radical (unpaired) electrons. The van der Waals surface area contributed by atoms with Gasteiger partial charge >= 0.3 is 0 Å². The van der Waals surface area contributed by atoms with E-state index in [4.69, 9.17) is 4.74 Å². The number of aryl methyl sites for hydroxylation is 2. The largest absolute Gasteiger partial charge is 0.381 e. The van der Waals surface area contributed by atoms with Crippen LogP contribution in [0.5, 0.6) is 0 Å². The van der Waals surface area contributed by atoms with Crippen molar-refractivity contribution in [2.45, 2.75) is 56.6 Å². The van der Waals surface area contributed by atoms with Crippen LogP contribution in [0.2, 0.25) is 0 Å². The van der Waals surface area contributed by atoms with Crippen LogP contribution < -0.4 is 0 Å². The average molecular weight is 367 g/mol. The maximum atomic E-state index is 12.9. The van der Waals surface area contributed by atoms with Gasteiger partial charge in [0.15, 0.2) is 0 Å². The SMILES string of the molecule is COC1CCN(C2CCN(S(=O)(=O)c3ccc(C)c(C)c3)CC2)CC1. The minimum Gasteiger partial charge on any atom is -0.381 e. The smallest absolute Gasteiger partial charge is 0.243 e. The predicted molar refractivity (Wildman–Crippen MR) is 99.3 cm³/mol. The number of rotatable bonds is 4. The van der Waals surface area contributed by atoms with Gasteiger partial charge in [0.25, 0.3) is 0 Å². The van der Waals surface area contributed by atoms with Crippen LogP contribution in [0.15, 0.2) is 23.1 Å². The number of ether oxygens (including phenoxy) is 1. The van der Waals surface area contributed by atoms with Gasteiger partial charge in [0.2, 0.25) is 10.0 Å². The van der Waals surface area contributed by atoms with Crippen LogP contribution in [0.25, 0.3) is 0 Å². The molecule has 5 nitrogen and oxygen atoms in total. The van der Waals surface area contributed by atoms with E-state index < -0.39 is 10.0 Å². The molecule has 2 saturated heterocycles. The number of piperidine rings is 2. The summed E-state index contributed by atoms with van der Waals surface area (Å²) in [4.78, 5) is 2.95. The van der Waals surface area contributed by atoms with Gasteiger partial charge in [-0.2, -0.15) is 4.31 Å². The highest BCUT2D eigenvalue weighted by atomic mass is 32.2. The summed E-state index contributed by atoms with van der Waals surface area (Å²) in [5.74, 6) is 0. The number of hydrogen-bond donors (Lipinski definition) is 0. The summed E-state index contributed by atoms with van der Waals surface area (Å²) < 4.78 is 32.9. The van der Waals surface area contributed by atoms with E-state index in [2.05, 4.69) is 4.90 Å². The summed E-state index contributed by atoms with van der Waals surface area (Å²) in [7, 11) is -1.59. The Morgan fingerprint density at radius 2 is 1.60 bits per heavy atom. The van der Waals surface area contributed by atoms with Crippen molar-refractivity contribution in [3.63, 3.8) is 0 Å². The molecule has 1 aromatic rings. The van der Waals surface area contributed by atoms with Crippen molar-refractivity contribution in [3.8, 4) is 0 Å². The van der Waals surface area contributed by atoms with Crippen LogP contribution >= 0.6 is 0 Å². The molecule has 2 fully saturated rings. The molecule has 25 heavy (non-hydrogen) atoms. The van der Waals surface area contributed by atoms with E-state index in [0.717, 1.165) is 49.9 Å². The van der Waals surface area contributed by atoms with Crippen molar-refractivity contribution in [3.05, 3.63) is 29.3 Å². The molecule has 0 bridgehead atoms. The van der Waals surface area contributed by atoms with E-state index in [-0.39, 0.29) is 0 Å². The molecule has 0 aromatic heterocycles. The summed E-state index contributed by atoms with van der Waals surface area (Å²) in [6.07, 6.45) is 4.39. The minimum atomic E-state index is -3.37. The number of hydrogen-bond acceptors (Lipinski definition) is 4. The Morgan fingerprint density at radius 3 is 2.16 bits per heavy atom. The molecule has 0 amide bonds. The molecular weight excluding hydrogens is 336 g/mol. The van der Waals surface area contributed by atoms with Crippen molar-refractivity contribution in [2.24, 2.45) is 0 Å². The van der Waals surface area contributed by atoms with Crippen LogP contribution in [0.1, 0.15) is 36.8 Å². The van der Waals surface area contributed by atoms with E-state index in [9.17, 15) is 8.42 Å². The highest BCUT2D eigenvalue weighted by molar-refractivity contribution is 7.89. The van der Waals surface area contributed by atoms with E-state index in [0.29, 0.717) is 30.1 Å². The number of nitrogens with zero attached hydrogens (tertiary/aromatic N) is 2. The van der Waals surface area contributed by atoms with Crippen LogP contribution in [0, 0.1) is 13.8 Å². The first-order valence-corrected chi connectivity index (χ1v) is 10.7. The fraction of sp³-hybridized carbons (Fsp3) is 0.684. The number of methoxy groups -OCH3 is 1. The van der Waals surface area contributed by atoms with E-state index in [1.54, 1.807) is 23.5 Å². The summed E-state index contributed by atoms with van der Waals surface area (Å²) in [6.45, 7) is 7.32. The Labute approximate surface area is 152 Å². The minimum absolute atomic E-state index is 0.390. The average Bonchev–Trinajstić information content (AvgIpc) is 2.64. The van der Waals surface area contributed by atoms with E-state index in [1.165, 1.54) is 0 Å². The number of sulfonamides is 1. The number of benzene rings is 1. The molecule has 2 aliphatic rings. The van der Waals surface area contributed by atoms with Crippen LogP contribution in [-0.2, 0) is 14.8 Å². The zero-order valence-corrected chi connectivity index (χ0v) is 16.4. The van der Waals surface area contributed by atoms with Crippen molar-refractivity contribution < 1.29 is 13.2 Å². The molecule has 3 rings (SSSR count). The van der Waals surface area contributed by atoms with Gasteiger partial charge in [-0.25, -0.2) is 8.42 Å². The molecule has 0 saturated carbocycles. The second kappa shape index (κ2) is 7.74. The zero-order valence-electron chi connectivity index (χ0n) is 15.6. The Balaban J connectivity index is 1.60. The molecule has 0 unspecified atom stereocenters. The van der Waals surface area contributed by atoms with Gasteiger partial charge in [-0.1, -0.05) is 6.07 Å². The van der Waals surface area contributed by atoms with Gasteiger partial charge in [0.1, 0.15) is 0 Å². The van der Waals surface area contributed by atoms with E-state index in [1.807, 2.05) is 19.9 Å². The first kappa shape index (κ1) is 18.8. The van der Waals surface area contributed by atoms with E-state index >= 15 is 0 Å². The van der Waals surface area contributed by atoms with Gasteiger partial charge in [0.05, 0.1) is 11.0 Å². The first-order chi connectivity index (χ1) is 11.9. The van der Waals surface area contributed by atoms with Crippen molar-refractivity contribution in [1.82, 2.24) is 9.21 Å². The molecule has 2 aliphatic heterocycles. The molecule has 0 aliphatic carbocycles. The molecule has 0 atom stereocenters. The Kier molecular flexibility index (Phi) is 5.83. The molecule has 140 valence electrons. The molecular formula is C19H30N2O3S. The Morgan fingerprint density at radius 1 is 0.960 bits per heavy atom. The first-order valence-electron chi connectivity index (χ1n) is 9.26. The van der Waals surface area contributed by atoms with Gasteiger partial charge in [-0.3, -0.25) is 0 Å². The summed E-state index contributed by atoms with van der Waals surface area (Å²) in [6, 6.07) is 5.93. The molecule has 1 aromatic carbocycles. The normalized spacial score (nSPS) is 22.4. The summed E-state index contributed by atoms with van der Waals surface area (Å²) >= 11 is 0. The van der Waals surface area contributed by atoms with Crippen molar-refractivity contribution >= 4 is 10.0 Å². The fourth-order valence-corrected chi connectivity index (χ4v) is 5.50. The predicted octanol–water partition coefficient (Wildman–Crippen LogP) is 2.57.